The number of thioether (sulfide) groups is 1. The summed E-state index contributed by atoms with van der Waals surface area (Å²) in [6.07, 6.45) is 0. The maximum atomic E-state index is 12.9. The summed E-state index contributed by atoms with van der Waals surface area (Å²) in [6, 6.07) is 14.2. The Morgan fingerprint density at radius 2 is 1.70 bits per heavy atom. The van der Waals surface area contributed by atoms with Crippen LogP contribution in [0.1, 0.15) is 11.1 Å². The number of anilines is 1. The molecule has 0 aliphatic carbocycles. The number of aromatic nitrogens is 2. The lowest BCUT2D eigenvalue weighted by Gasteiger charge is -2.02. The Labute approximate surface area is 146 Å². The summed E-state index contributed by atoms with van der Waals surface area (Å²) in [7, 11) is 0. The van der Waals surface area contributed by atoms with Crippen LogP contribution in [0, 0.1) is 5.82 Å². The molecule has 0 radical (unpaired) electrons. The molecule has 2 aromatic carbocycles. The van der Waals surface area contributed by atoms with Gasteiger partial charge in [0.15, 0.2) is 4.34 Å². The molecule has 0 spiro atoms. The van der Waals surface area contributed by atoms with E-state index in [9.17, 15) is 4.39 Å². The second-order valence-electron chi connectivity index (χ2n) is 4.77. The molecule has 0 unspecified atom stereocenters. The highest BCUT2D eigenvalue weighted by Crippen LogP contribution is 2.28. The van der Waals surface area contributed by atoms with Gasteiger partial charge in [-0.15, -0.1) is 10.2 Å². The van der Waals surface area contributed by atoms with E-state index in [2.05, 4.69) is 15.5 Å². The lowest BCUT2D eigenvalue weighted by Crippen LogP contribution is -1.98. The quantitative estimate of drug-likeness (QED) is 0.606. The highest BCUT2D eigenvalue weighted by atomic mass is 35.5. The standard InChI is InChI=1S/C16H13ClFN3S2/c17-13-5-1-11(2-6-13)9-19-15-20-21-16(23-15)22-10-12-3-7-14(18)8-4-12/h1-8H,9-10H2,(H,19,20). The van der Waals surface area contributed by atoms with Gasteiger partial charge in [-0.1, -0.05) is 59.0 Å². The van der Waals surface area contributed by atoms with E-state index in [0.29, 0.717) is 6.54 Å². The van der Waals surface area contributed by atoms with Crippen LogP contribution in [0.25, 0.3) is 0 Å². The third kappa shape index (κ3) is 4.92. The maximum absolute atomic E-state index is 12.9. The number of nitrogens with zero attached hydrogens (tertiary/aromatic N) is 2. The summed E-state index contributed by atoms with van der Waals surface area (Å²) >= 11 is 8.96. The number of hydrogen-bond acceptors (Lipinski definition) is 5. The summed E-state index contributed by atoms with van der Waals surface area (Å²) in [6.45, 7) is 0.675. The number of rotatable bonds is 6. The molecule has 0 amide bonds. The highest BCUT2D eigenvalue weighted by molar-refractivity contribution is 8.00. The zero-order chi connectivity index (χ0) is 16.1. The molecule has 23 heavy (non-hydrogen) atoms. The summed E-state index contributed by atoms with van der Waals surface area (Å²) in [5.41, 5.74) is 2.19. The van der Waals surface area contributed by atoms with Gasteiger partial charge in [0.25, 0.3) is 0 Å². The zero-order valence-corrected chi connectivity index (χ0v) is 14.4. The van der Waals surface area contributed by atoms with Crippen LogP contribution in [0.5, 0.6) is 0 Å². The maximum Gasteiger partial charge on any atom is 0.206 e. The Hall–Kier alpha value is -1.63. The van der Waals surface area contributed by atoms with Crippen molar-refractivity contribution in [3.05, 3.63) is 70.5 Å². The van der Waals surface area contributed by atoms with Crippen molar-refractivity contribution in [2.45, 2.75) is 16.6 Å². The van der Waals surface area contributed by atoms with E-state index >= 15 is 0 Å². The van der Waals surface area contributed by atoms with Crippen molar-refractivity contribution in [1.29, 1.82) is 0 Å². The molecule has 1 heterocycles. The molecule has 0 bridgehead atoms. The fraction of sp³-hybridized carbons (Fsp3) is 0.125. The molecule has 0 aliphatic heterocycles. The van der Waals surface area contributed by atoms with Gasteiger partial charge in [-0.25, -0.2) is 4.39 Å². The van der Waals surface area contributed by atoms with E-state index < -0.39 is 0 Å². The van der Waals surface area contributed by atoms with Crippen molar-refractivity contribution in [3.63, 3.8) is 0 Å². The second-order valence-corrected chi connectivity index (χ2v) is 7.40. The fourth-order valence-electron chi connectivity index (χ4n) is 1.85. The molecule has 0 saturated carbocycles. The van der Waals surface area contributed by atoms with Gasteiger partial charge in [-0.2, -0.15) is 0 Å². The summed E-state index contributed by atoms with van der Waals surface area (Å²) in [5.74, 6) is 0.523. The molecular formula is C16H13ClFN3S2. The van der Waals surface area contributed by atoms with Crippen molar-refractivity contribution in [3.8, 4) is 0 Å². The van der Waals surface area contributed by atoms with Gasteiger partial charge in [0.05, 0.1) is 0 Å². The van der Waals surface area contributed by atoms with E-state index in [1.165, 1.54) is 23.5 Å². The second kappa shape index (κ2) is 7.77. The first-order valence-corrected chi connectivity index (χ1v) is 9.06. The Morgan fingerprint density at radius 3 is 2.43 bits per heavy atom. The lowest BCUT2D eigenvalue weighted by molar-refractivity contribution is 0.627. The van der Waals surface area contributed by atoms with Crippen molar-refractivity contribution in [1.82, 2.24) is 10.2 Å². The van der Waals surface area contributed by atoms with Crippen LogP contribution in [0.15, 0.2) is 52.9 Å². The summed E-state index contributed by atoms with van der Waals surface area (Å²) in [4.78, 5) is 0. The molecule has 0 aliphatic rings. The minimum absolute atomic E-state index is 0.219. The molecule has 0 atom stereocenters. The van der Waals surface area contributed by atoms with Crippen LogP contribution in [0.3, 0.4) is 0 Å². The Morgan fingerprint density at radius 1 is 1.00 bits per heavy atom. The monoisotopic (exact) mass is 365 g/mol. The van der Waals surface area contributed by atoms with E-state index in [-0.39, 0.29) is 5.82 Å². The van der Waals surface area contributed by atoms with Gasteiger partial charge in [0.2, 0.25) is 5.13 Å². The van der Waals surface area contributed by atoms with E-state index in [1.807, 2.05) is 24.3 Å². The molecular weight excluding hydrogens is 353 g/mol. The lowest BCUT2D eigenvalue weighted by atomic mass is 10.2. The Bertz CT molecular complexity index is 696. The third-order valence-corrected chi connectivity index (χ3v) is 5.38. The predicted molar refractivity (Wildman–Crippen MR) is 94.6 cm³/mol. The highest BCUT2D eigenvalue weighted by Gasteiger charge is 2.05. The fourth-order valence-corrected chi connectivity index (χ4v) is 3.67. The van der Waals surface area contributed by atoms with E-state index in [4.69, 9.17) is 11.6 Å². The first-order chi connectivity index (χ1) is 11.2. The van der Waals surface area contributed by atoms with Gasteiger partial charge >= 0.3 is 0 Å². The third-order valence-electron chi connectivity index (χ3n) is 3.04. The SMILES string of the molecule is Fc1ccc(CSc2nnc(NCc3ccc(Cl)cc3)s2)cc1. The van der Waals surface area contributed by atoms with Crippen molar-refractivity contribution in [2.24, 2.45) is 0 Å². The summed E-state index contributed by atoms with van der Waals surface area (Å²) in [5, 5.41) is 13.0. The number of benzene rings is 2. The number of hydrogen-bond donors (Lipinski definition) is 1. The normalized spacial score (nSPS) is 10.7. The summed E-state index contributed by atoms with van der Waals surface area (Å²) < 4.78 is 13.7. The Balaban J connectivity index is 1.51. The molecule has 3 nitrogen and oxygen atoms in total. The van der Waals surface area contributed by atoms with Gasteiger partial charge < -0.3 is 5.32 Å². The molecule has 0 saturated heterocycles. The van der Waals surface area contributed by atoms with Crippen molar-refractivity contribution >= 4 is 39.8 Å². The van der Waals surface area contributed by atoms with Gasteiger partial charge in [0, 0.05) is 17.3 Å². The van der Waals surface area contributed by atoms with Gasteiger partial charge in [-0.05, 0) is 35.4 Å². The van der Waals surface area contributed by atoms with Crippen LogP contribution < -0.4 is 5.32 Å². The van der Waals surface area contributed by atoms with Crippen LogP contribution in [0.2, 0.25) is 5.02 Å². The van der Waals surface area contributed by atoms with Crippen LogP contribution in [-0.4, -0.2) is 10.2 Å². The van der Waals surface area contributed by atoms with Crippen LogP contribution in [0.4, 0.5) is 9.52 Å². The van der Waals surface area contributed by atoms with Crippen molar-refractivity contribution < 1.29 is 4.39 Å². The molecule has 118 valence electrons. The van der Waals surface area contributed by atoms with Crippen LogP contribution >= 0.6 is 34.7 Å². The average molecular weight is 366 g/mol. The number of halogens is 2. The first kappa shape index (κ1) is 16.2. The molecule has 3 aromatic rings. The average Bonchev–Trinajstić information content (AvgIpc) is 3.02. The van der Waals surface area contributed by atoms with Crippen molar-refractivity contribution in [2.75, 3.05) is 5.32 Å². The van der Waals surface area contributed by atoms with E-state index in [1.54, 1.807) is 23.9 Å². The topological polar surface area (TPSA) is 37.8 Å². The largest absolute Gasteiger partial charge is 0.356 e. The molecule has 7 heteroatoms. The zero-order valence-electron chi connectivity index (χ0n) is 12.0. The van der Waals surface area contributed by atoms with Gasteiger partial charge in [-0.3, -0.25) is 0 Å². The van der Waals surface area contributed by atoms with Crippen LogP contribution in [-0.2, 0) is 12.3 Å². The molecule has 1 aromatic heterocycles. The minimum atomic E-state index is -0.219. The molecule has 3 rings (SSSR count). The molecule has 0 fully saturated rings. The van der Waals surface area contributed by atoms with Gasteiger partial charge in [0.1, 0.15) is 5.82 Å². The minimum Gasteiger partial charge on any atom is -0.356 e. The Kier molecular flexibility index (Phi) is 5.48. The number of nitrogens with one attached hydrogen (secondary N) is 1. The molecule has 1 N–H and O–H groups in total. The smallest absolute Gasteiger partial charge is 0.206 e. The van der Waals surface area contributed by atoms with E-state index in [0.717, 1.165) is 31.4 Å². The predicted octanol–water partition coefficient (Wildman–Crippen LogP) is 5.24. The first-order valence-electron chi connectivity index (χ1n) is 6.88.